The molecule has 0 unspecified atom stereocenters. The number of rotatable bonds is 5. The van der Waals surface area contributed by atoms with E-state index in [9.17, 15) is 9.18 Å². The van der Waals surface area contributed by atoms with Crippen LogP contribution in [0.4, 0.5) is 10.1 Å². The number of hydrogen-bond donors (Lipinski definition) is 2. The number of amides is 1. The van der Waals surface area contributed by atoms with Crippen LogP contribution in [0.1, 0.15) is 18.7 Å². The molecule has 6 nitrogen and oxygen atoms in total. The van der Waals surface area contributed by atoms with E-state index in [0.717, 1.165) is 47.7 Å². The highest BCUT2D eigenvalue weighted by molar-refractivity contribution is 5.93. The minimum atomic E-state index is -0.283. The van der Waals surface area contributed by atoms with Crippen LogP contribution in [0.25, 0.3) is 22.4 Å². The Morgan fingerprint density at radius 1 is 1.23 bits per heavy atom. The van der Waals surface area contributed by atoms with Crippen LogP contribution in [0.5, 0.6) is 0 Å². The SMILES string of the molecule is O=C(Nc1ccc(-c2ccco2)cc1)[C@@H]1CCCN(Cc2nc3ccc(F)cc3[nH]2)C1. The molecule has 1 fully saturated rings. The summed E-state index contributed by atoms with van der Waals surface area (Å²) < 4.78 is 18.8. The fourth-order valence-electron chi connectivity index (χ4n) is 4.14. The van der Waals surface area contributed by atoms with Crippen LogP contribution in [0.15, 0.2) is 65.3 Å². The highest BCUT2D eigenvalue weighted by atomic mass is 19.1. The minimum absolute atomic E-state index is 0.0297. The van der Waals surface area contributed by atoms with Crippen molar-refractivity contribution in [3.05, 3.63) is 72.5 Å². The van der Waals surface area contributed by atoms with Gasteiger partial charge in [0.15, 0.2) is 0 Å². The number of benzene rings is 2. The second kappa shape index (κ2) is 8.35. The standard InChI is InChI=1S/C24H23FN4O2/c25-18-7-10-20-21(13-18)28-23(27-20)15-29-11-1-3-17(14-29)24(30)26-19-8-5-16(6-9-19)22-4-2-12-31-22/h2,4-10,12-13,17H,1,3,11,14-15H2,(H,26,30)(H,27,28)/t17-/m1/s1. The summed E-state index contributed by atoms with van der Waals surface area (Å²) in [4.78, 5) is 22.8. The largest absolute Gasteiger partial charge is 0.464 e. The van der Waals surface area contributed by atoms with Crippen molar-refractivity contribution >= 4 is 22.6 Å². The third-order valence-corrected chi connectivity index (χ3v) is 5.70. The summed E-state index contributed by atoms with van der Waals surface area (Å²) in [6.45, 7) is 2.19. The number of halogens is 1. The zero-order valence-electron chi connectivity index (χ0n) is 17.0. The molecule has 1 aliphatic heterocycles. The fourth-order valence-corrected chi connectivity index (χ4v) is 4.14. The van der Waals surface area contributed by atoms with Crippen LogP contribution in [-0.2, 0) is 11.3 Å². The van der Waals surface area contributed by atoms with E-state index in [4.69, 9.17) is 4.42 Å². The number of carbonyl (C=O) groups is 1. The molecule has 0 bridgehead atoms. The molecule has 4 aromatic rings. The van der Waals surface area contributed by atoms with Crippen molar-refractivity contribution in [2.75, 3.05) is 18.4 Å². The van der Waals surface area contributed by atoms with Crippen molar-refractivity contribution in [3.8, 4) is 11.3 Å². The van der Waals surface area contributed by atoms with E-state index in [1.165, 1.54) is 12.1 Å². The number of H-pyrrole nitrogens is 1. The van der Waals surface area contributed by atoms with E-state index in [1.54, 1.807) is 12.3 Å². The highest BCUT2D eigenvalue weighted by Crippen LogP contribution is 2.24. The topological polar surface area (TPSA) is 74.2 Å². The van der Waals surface area contributed by atoms with Crippen LogP contribution in [-0.4, -0.2) is 33.9 Å². The molecule has 3 heterocycles. The molecule has 2 aromatic carbocycles. The maximum atomic E-state index is 13.4. The van der Waals surface area contributed by atoms with E-state index in [-0.39, 0.29) is 17.6 Å². The molecular formula is C24H23FN4O2. The Morgan fingerprint density at radius 2 is 2.10 bits per heavy atom. The Bertz CT molecular complexity index is 1180. The van der Waals surface area contributed by atoms with Gasteiger partial charge in [0, 0.05) is 17.8 Å². The summed E-state index contributed by atoms with van der Waals surface area (Å²) in [5, 5.41) is 3.03. The first kappa shape index (κ1) is 19.5. The Morgan fingerprint density at radius 3 is 2.90 bits per heavy atom. The van der Waals surface area contributed by atoms with E-state index in [1.807, 2.05) is 36.4 Å². The van der Waals surface area contributed by atoms with Crippen molar-refractivity contribution in [3.63, 3.8) is 0 Å². The summed E-state index contributed by atoms with van der Waals surface area (Å²) in [5.74, 6) is 1.25. The first-order valence-corrected chi connectivity index (χ1v) is 10.5. The number of hydrogen-bond acceptors (Lipinski definition) is 4. The molecule has 1 atom stereocenters. The van der Waals surface area contributed by atoms with Gasteiger partial charge in [-0.3, -0.25) is 9.69 Å². The van der Waals surface area contributed by atoms with Crippen LogP contribution in [0, 0.1) is 11.7 Å². The molecule has 2 N–H and O–H groups in total. The van der Waals surface area contributed by atoms with Crippen LogP contribution >= 0.6 is 0 Å². The van der Waals surface area contributed by atoms with E-state index in [2.05, 4.69) is 20.2 Å². The zero-order valence-corrected chi connectivity index (χ0v) is 17.0. The number of anilines is 1. The van der Waals surface area contributed by atoms with Gasteiger partial charge in [0.25, 0.3) is 0 Å². The van der Waals surface area contributed by atoms with Gasteiger partial charge in [-0.15, -0.1) is 0 Å². The van der Waals surface area contributed by atoms with Gasteiger partial charge in [0.2, 0.25) is 5.91 Å². The number of aromatic amines is 1. The second-order valence-electron chi connectivity index (χ2n) is 7.96. The number of carbonyl (C=O) groups excluding carboxylic acids is 1. The molecule has 31 heavy (non-hydrogen) atoms. The summed E-state index contributed by atoms with van der Waals surface area (Å²) in [5.41, 5.74) is 3.19. The third kappa shape index (κ3) is 4.36. The summed E-state index contributed by atoms with van der Waals surface area (Å²) >= 11 is 0. The molecule has 158 valence electrons. The average Bonchev–Trinajstić information content (AvgIpc) is 3.44. The second-order valence-corrected chi connectivity index (χ2v) is 7.96. The number of fused-ring (bicyclic) bond motifs is 1. The van der Waals surface area contributed by atoms with Crippen LogP contribution in [0.3, 0.4) is 0 Å². The Hall–Kier alpha value is -3.45. The number of nitrogens with zero attached hydrogens (tertiary/aromatic N) is 2. The Balaban J connectivity index is 1.20. The Kier molecular flexibility index (Phi) is 5.26. The molecule has 1 aliphatic rings. The maximum absolute atomic E-state index is 13.4. The van der Waals surface area contributed by atoms with Crippen LogP contribution in [0.2, 0.25) is 0 Å². The van der Waals surface area contributed by atoms with Gasteiger partial charge in [0.1, 0.15) is 17.4 Å². The van der Waals surface area contributed by atoms with Crippen molar-refractivity contribution in [1.29, 1.82) is 0 Å². The molecule has 5 rings (SSSR count). The lowest BCUT2D eigenvalue weighted by atomic mass is 9.97. The van der Waals surface area contributed by atoms with Gasteiger partial charge >= 0.3 is 0 Å². The third-order valence-electron chi connectivity index (χ3n) is 5.70. The Labute approximate surface area is 179 Å². The smallest absolute Gasteiger partial charge is 0.228 e. The van der Waals surface area contributed by atoms with Gasteiger partial charge in [-0.25, -0.2) is 9.37 Å². The van der Waals surface area contributed by atoms with Crippen molar-refractivity contribution in [2.45, 2.75) is 19.4 Å². The van der Waals surface area contributed by atoms with Gasteiger partial charge in [-0.2, -0.15) is 0 Å². The van der Waals surface area contributed by atoms with Gasteiger partial charge in [-0.1, -0.05) is 0 Å². The molecule has 0 aliphatic carbocycles. The van der Waals surface area contributed by atoms with Gasteiger partial charge in [-0.05, 0) is 74.0 Å². The number of furan rings is 1. The molecule has 1 amide bonds. The van der Waals surface area contributed by atoms with Gasteiger partial charge < -0.3 is 14.7 Å². The maximum Gasteiger partial charge on any atom is 0.228 e. The first-order chi connectivity index (χ1) is 15.1. The van der Waals surface area contributed by atoms with E-state index >= 15 is 0 Å². The number of piperidine rings is 1. The number of imidazole rings is 1. The highest BCUT2D eigenvalue weighted by Gasteiger charge is 2.26. The zero-order chi connectivity index (χ0) is 21.2. The molecule has 0 saturated carbocycles. The number of nitrogens with one attached hydrogen (secondary N) is 2. The van der Waals surface area contributed by atoms with E-state index in [0.29, 0.717) is 18.6 Å². The molecule has 2 aromatic heterocycles. The predicted octanol–water partition coefficient (Wildman–Crippen LogP) is 4.81. The summed E-state index contributed by atoms with van der Waals surface area (Å²) in [6, 6.07) is 16.0. The van der Waals surface area contributed by atoms with Crippen molar-refractivity contribution < 1.29 is 13.6 Å². The predicted molar refractivity (Wildman–Crippen MR) is 117 cm³/mol. The molecule has 7 heteroatoms. The number of likely N-dealkylation sites (tertiary alicyclic amines) is 1. The molecular weight excluding hydrogens is 395 g/mol. The molecule has 0 spiro atoms. The minimum Gasteiger partial charge on any atom is -0.464 e. The van der Waals surface area contributed by atoms with Crippen LogP contribution < -0.4 is 5.32 Å². The van der Waals surface area contributed by atoms with Crippen molar-refractivity contribution in [1.82, 2.24) is 14.9 Å². The summed E-state index contributed by atoms with van der Waals surface area (Å²) in [7, 11) is 0. The monoisotopic (exact) mass is 418 g/mol. The number of aromatic nitrogens is 2. The average molecular weight is 418 g/mol. The molecule has 0 radical (unpaired) electrons. The fraction of sp³-hybridized carbons (Fsp3) is 0.250. The lowest BCUT2D eigenvalue weighted by Crippen LogP contribution is -2.40. The quantitative estimate of drug-likeness (QED) is 0.488. The lowest BCUT2D eigenvalue weighted by Gasteiger charge is -2.31. The summed E-state index contributed by atoms with van der Waals surface area (Å²) in [6.07, 6.45) is 3.45. The first-order valence-electron chi connectivity index (χ1n) is 10.5. The lowest BCUT2D eigenvalue weighted by molar-refractivity contribution is -0.121. The van der Waals surface area contributed by atoms with Crippen molar-refractivity contribution in [2.24, 2.45) is 5.92 Å². The van der Waals surface area contributed by atoms with Gasteiger partial charge in [0.05, 0.1) is 29.8 Å². The van der Waals surface area contributed by atoms with E-state index < -0.39 is 0 Å². The molecule has 1 saturated heterocycles. The normalized spacial score (nSPS) is 17.1.